The molecule has 1 aliphatic heterocycles. The number of carbonyl (C=O) groups is 1. The highest BCUT2D eigenvalue weighted by Crippen LogP contribution is 2.27. The van der Waals surface area contributed by atoms with Gasteiger partial charge in [0.15, 0.2) is 0 Å². The minimum absolute atomic E-state index is 0.0371. The Kier molecular flexibility index (Phi) is 7.33. The number of benzene rings is 2. The summed E-state index contributed by atoms with van der Waals surface area (Å²) in [6.45, 7) is 4.41. The van der Waals surface area contributed by atoms with Crippen molar-refractivity contribution in [2.24, 2.45) is 5.92 Å². The smallest absolute Gasteiger partial charge is 0.243 e. The van der Waals surface area contributed by atoms with E-state index in [9.17, 15) is 17.6 Å². The summed E-state index contributed by atoms with van der Waals surface area (Å²) in [5, 5.41) is 3.09. The molecule has 1 heterocycles. The van der Waals surface area contributed by atoms with Crippen LogP contribution >= 0.6 is 0 Å². The van der Waals surface area contributed by atoms with Crippen LogP contribution in [0.4, 0.5) is 4.39 Å². The van der Waals surface area contributed by atoms with Crippen LogP contribution in [0.25, 0.3) is 0 Å². The van der Waals surface area contributed by atoms with Crippen molar-refractivity contribution in [3.8, 4) is 5.75 Å². The molecule has 168 valence electrons. The van der Waals surface area contributed by atoms with Gasteiger partial charge in [-0.25, -0.2) is 12.8 Å². The van der Waals surface area contributed by atoms with Crippen molar-refractivity contribution in [1.82, 2.24) is 9.62 Å². The molecule has 0 saturated carbocycles. The van der Waals surface area contributed by atoms with Crippen molar-refractivity contribution in [3.05, 3.63) is 59.4 Å². The van der Waals surface area contributed by atoms with Gasteiger partial charge in [0.25, 0.3) is 0 Å². The predicted octanol–water partition coefficient (Wildman–Crippen LogP) is 3.81. The molecule has 0 bridgehead atoms. The molecule has 0 aliphatic carbocycles. The number of nitrogens with zero attached hydrogens (tertiary/aromatic N) is 1. The zero-order valence-electron chi connectivity index (χ0n) is 18.1. The summed E-state index contributed by atoms with van der Waals surface area (Å²) in [5.41, 5.74) is 1.97. The molecule has 1 N–H and O–H groups in total. The number of aryl methyl sites for hydroxylation is 1. The van der Waals surface area contributed by atoms with Crippen molar-refractivity contribution in [2.75, 3.05) is 20.2 Å². The third-order valence-electron chi connectivity index (χ3n) is 5.75. The second-order valence-corrected chi connectivity index (χ2v) is 9.79. The number of hydrogen-bond donors (Lipinski definition) is 1. The van der Waals surface area contributed by atoms with Crippen LogP contribution in [0.5, 0.6) is 5.75 Å². The Balaban J connectivity index is 1.71. The molecule has 3 rings (SSSR count). The summed E-state index contributed by atoms with van der Waals surface area (Å²) < 4.78 is 45.7. The zero-order chi connectivity index (χ0) is 22.6. The van der Waals surface area contributed by atoms with Crippen LogP contribution in [0.2, 0.25) is 0 Å². The lowest BCUT2D eigenvalue weighted by Gasteiger charge is -2.32. The van der Waals surface area contributed by atoms with Crippen LogP contribution in [-0.4, -0.2) is 38.8 Å². The SMILES string of the molecule is CC[C@H](NC(=O)[C@H]1CCCN(S(=O)(=O)c2ccc(F)cc2)C1)c1ccc(OC)c(C)c1. The first-order chi connectivity index (χ1) is 14.8. The van der Waals surface area contributed by atoms with Gasteiger partial charge >= 0.3 is 0 Å². The van der Waals surface area contributed by atoms with Crippen LogP contribution < -0.4 is 10.1 Å². The van der Waals surface area contributed by atoms with E-state index in [1.807, 2.05) is 32.0 Å². The normalized spacial score (nSPS) is 18.4. The van der Waals surface area contributed by atoms with Gasteiger partial charge in [0.05, 0.1) is 24.0 Å². The lowest BCUT2D eigenvalue weighted by atomic mass is 9.96. The Bertz CT molecular complexity index is 1020. The molecule has 2 atom stereocenters. The second-order valence-electron chi connectivity index (χ2n) is 7.85. The van der Waals surface area contributed by atoms with Crippen LogP contribution in [0.3, 0.4) is 0 Å². The number of hydrogen-bond acceptors (Lipinski definition) is 4. The highest BCUT2D eigenvalue weighted by atomic mass is 32.2. The summed E-state index contributed by atoms with van der Waals surface area (Å²) in [6, 6.07) is 10.4. The fourth-order valence-electron chi connectivity index (χ4n) is 3.96. The lowest BCUT2D eigenvalue weighted by Crippen LogP contribution is -2.46. The molecule has 6 nitrogen and oxygen atoms in total. The van der Waals surface area contributed by atoms with E-state index in [1.165, 1.54) is 16.4 Å². The Hall–Kier alpha value is -2.45. The number of sulfonamides is 1. The van der Waals surface area contributed by atoms with Gasteiger partial charge in [0, 0.05) is 13.1 Å². The maximum absolute atomic E-state index is 13.2. The number of amides is 1. The average Bonchev–Trinajstić information content (AvgIpc) is 2.77. The Morgan fingerprint density at radius 2 is 1.97 bits per heavy atom. The van der Waals surface area contributed by atoms with Crippen molar-refractivity contribution in [3.63, 3.8) is 0 Å². The van der Waals surface area contributed by atoms with Gasteiger partial charge in [-0.05, 0) is 67.6 Å². The molecular formula is C23H29FN2O4S. The molecule has 2 aromatic rings. The topological polar surface area (TPSA) is 75.7 Å². The van der Waals surface area contributed by atoms with Gasteiger partial charge in [-0.1, -0.05) is 19.1 Å². The van der Waals surface area contributed by atoms with E-state index in [1.54, 1.807) is 7.11 Å². The Morgan fingerprint density at radius 3 is 2.58 bits per heavy atom. The van der Waals surface area contributed by atoms with E-state index < -0.39 is 21.8 Å². The van der Waals surface area contributed by atoms with Crippen molar-refractivity contribution in [1.29, 1.82) is 0 Å². The van der Waals surface area contributed by atoms with Gasteiger partial charge in [0.2, 0.25) is 15.9 Å². The molecule has 1 fully saturated rings. The maximum atomic E-state index is 13.2. The molecule has 0 spiro atoms. The number of methoxy groups -OCH3 is 1. The quantitative estimate of drug-likeness (QED) is 0.699. The first kappa shape index (κ1) is 23.2. The van der Waals surface area contributed by atoms with E-state index in [0.29, 0.717) is 25.8 Å². The van der Waals surface area contributed by atoms with E-state index in [-0.39, 0.29) is 23.4 Å². The number of carbonyl (C=O) groups excluding carboxylic acids is 1. The number of halogens is 1. The third-order valence-corrected chi connectivity index (χ3v) is 7.63. The first-order valence-electron chi connectivity index (χ1n) is 10.5. The molecule has 0 unspecified atom stereocenters. The van der Waals surface area contributed by atoms with Gasteiger partial charge in [-0.15, -0.1) is 0 Å². The minimum Gasteiger partial charge on any atom is -0.496 e. The number of rotatable bonds is 7. The molecule has 1 amide bonds. The zero-order valence-corrected chi connectivity index (χ0v) is 18.9. The van der Waals surface area contributed by atoms with E-state index in [4.69, 9.17) is 4.74 Å². The fourth-order valence-corrected chi connectivity index (χ4v) is 5.48. The summed E-state index contributed by atoms with van der Waals surface area (Å²) >= 11 is 0. The summed E-state index contributed by atoms with van der Waals surface area (Å²) in [7, 11) is -2.15. The second kappa shape index (κ2) is 9.78. The molecule has 8 heteroatoms. The summed E-state index contributed by atoms with van der Waals surface area (Å²) in [6.07, 6.45) is 1.93. The van der Waals surface area contributed by atoms with Gasteiger partial charge in [-0.3, -0.25) is 4.79 Å². The largest absolute Gasteiger partial charge is 0.496 e. The monoisotopic (exact) mass is 448 g/mol. The van der Waals surface area contributed by atoms with Crippen LogP contribution in [0.1, 0.15) is 43.4 Å². The molecule has 2 aromatic carbocycles. The molecule has 0 aromatic heterocycles. The van der Waals surface area contributed by atoms with Crippen molar-refractivity contribution < 1.29 is 22.3 Å². The molecule has 1 aliphatic rings. The minimum atomic E-state index is -3.77. The molecule has 1 saturated heterocycles. The van der Waals surface area contributed by atoms with E-state index in [2.05, 4.69) is 5.32 Å². The Labute approximate surface area is 183 Å². The molecule has 0 radical (unpaired) electrons. The average molecular weight is 449 g/mol. The van der Waals surface area contributed by atoms with E-state index in [0.717, 1.165) is 29.0 Å². The van der Waals surface area contributed by atoms with Crippen molar-refractivity contribution in [2.45, 2.75) is 44.0 Å². The van der Waals surface area contributed by atoms with Gasteiger partial charge in [0.1, 0.15) is 11.6 Å². The molecular weight excluding hydrogens is 419 g/mol. The standard InChI is InChI=1S/C23H29FN2O4S/c1-4-21(17-7-12-22(30-3)16(2)14-17)25-23(27)18-6-5-13-26(15-18)31(28,29)20-10-8-19(24)9-11-20/h7-12,14,18,21H,4-6,13,15H2,1-3H3,(H,25,27)/t18-,21-/m0/s1. The van der Waals surface area contributed by atoms with Crippen LogP contribution in [-0.2, 0) is 14.8 Å². The molecule has 31 heavy (non-hydrogen) atoms. The van der Waals surface area contributed by atoms with Crippen LogP contribution in [0, 0.1) is 18.7 Å². The predicted molar refractivity (Wildman–Crippen MR) is 117 cm³/mol. The number of piperidine rings is 1. The third kappa shape index (κ3) is 5.25. The number of nitrogens with one attached hydrogen (secondary N) is 1. The van der Waals surface area contributed by atoms with Gasteiger partial charge in [-0.2, -0.15) is 4.31 Å². The maximum Gasteiger partial charge on any atom is 0.243 e. The fraction of sp³-hybridized carbons (Fsp3) is 0.435. The van der Waals surface area contributed by atoms with Crippen LogP contribution in [0.15, 0.2) is 47.4 Å². The lowest BCUT2D eigenvalue weighted by molar-refractivity contribution is -0.126. The first-order valence-corrected chi connectivity index (χ1v) is 11.9. The summed E-state index contributed by atoms with van der Waals surface area (Å²) in [4.78, 5) is 13.0. The van der Waals surface area contributed by atoms with Crippen molar-refractivity contribution >= 4 is 15.9 Å². The highest BCUT2D eigenvalue weighted by Gasteiger charge is 2.34. The highest BCUT2D eigenvalue weighted by molar-refractivity contribution is 7.89. The van der Waals surface area contributed by atoms with E-state index >= 15 is 0 Å². The summed E-state index contributed by atoms with van der Waals surface area (Å²) in [5.74, 6) is -0.287. The number of ether oxygens (including phenoxy) is 1. The Morgan fingerprint density at radius 1 is 1.26 bits per heavy atom. The van der Waals surface area contributed by atoms with Gasteiger partial charge < -0.3 is 10.1 Å².